The third kappa shape index (κ3) is 4.05. The quantitative estimate of drug-likeness (QED) is 0.815. The first-order valence-electron chi connectivity index (χ1n) is 7.13. The Kier molecular flexibility index (Phi) is 5.14. The van der Waals surface area contributed by atoms with Crippen LogP contribution in [-0.2, 0) is 11.3 Å². The highest BCUT2D eigenvalue weighted by Crippen LogP contribution is 2.21. The molecule has 6 heteroatoms. The molecule has 0 aromatic carbocycles. The molecule has 20 heavy (non-hydrogen) atoms. The van der Waals surface area contributed by atoms with Crippen molar-refractivity contribution in [2.45, 2.75) is 33.2 Å². The van der Waals surface area contributed by atoms with Gasteiger partial charge in [-0.1, -0.05) is 5.16 Å². The van der Waals surface area contributed by atoms with Crippen LogP contribution in [0.3, 0.4) is 0 Å². The van der Waals surface area contributed by atoms with Gasteiger partial charge in [-0.2, -0.15) is 0 Å². The van der Waals surface area contributed by atoms with E-state index in [1.807, 2.05) is 13.8 Å². The lowest BCUT2D eigenvalue weighted by atomic mass is 9.97. The van der Waals surface area contributed by atoms with E-state index in [0.29, 0.717) is 5.92 Å². The van der Waals surface area contributed by atoms with Gasteiger partial charge in [-0.3, -0.25) is 9.69 Å². The molecule has 1 unspecified atom stereocenters. The molecule has 2 rings (SSSR count). The lowest BCUT2D eigenvalue weighted by molar-refractivity contribution is -0.136. The summed E-state index contributed by atoms with van der Waals surface area (Å²) in [4.78, 5) is 12.9. The molecule has 0 amide bonds. The van der Waals surface area contributed by atoms with E-state index in [4.69, 9.17) is 9.63 Å². The zero-order valence-electron chi connectivity index (χ0n) is 12.2. The number of carboxylic acids is 1. The van der Waals surface area contributed by atoms with E-state index in [-0.39, 0.29) is 6.54 Å². The van der Waals surface area contributed by atoms with Crippen molar-refractivity contribution in [2.75, 3.05) is 26.2 Å². The van der Waals surface area contributed by atoms with Crippen LogP contribution in [0.5, 0.6) is 0 Å². The summed E-state index contributed by atoms with van der Waals surface area (Å²) in [6.07, 6.45) is 2.31. The molecule has 0 spiro atoms. The van der Waals surface area contributed by atoms with Gasteiger partial charge in [0, 0.05) is 18.7 Å². The SMILES string of the molecule is Cc1noc(C)c1CN1CCCC(CNCC(=O)O)C1. The van der Waals surface area contributed by atoms with Crippen LogP contribution in [0.1, 0.15) is 29.9 Å². The normalized spacial score (nSPS) is 20.2. The largest absolute Gasteiger partial charge is 0.480 e. The van der Waals surface area contributed by atoms with E-state index >= 15 is 0 Å². The van der Waals surface area contributed by atoms with Crippen LogP contribution in [0.4, 0.5) is 0 Å². The average molecular weight is 281 g/mol. The van der Waals surface area contributed by atoms with Gasteiger partial charge in [0.2, 0.25) is 0 Å². The lowest BCUT2D eigenvalue weighted by Gasteiger charge is -2.32. The molecule has 1 aliphatic rings. The third-order valence-electron chi connectivity index (χ3n) is 3.88. The fourth-order valence-corrected chi connectivity index (χ4v) is 2.80. The second-order valence-electron chi connectivity index (χ2n) is 5.57. The van der Waals surface area contributed by atoms with E-state index in [2.05, 4.69) is 15.4 Å². The van der Waals surface area contributed by atoms with Crippen molar-refractivity contribution in [2.24, 2.45) is 5.92 Å². The number of aryl methyl sites for hydroxylation is 2. The minimum absolute atomic E-state index is 0.0420. The van der Waals surface area contributed by atoms with Crippen LogP contribution in [0.15, 0.2) is 4.52 Å². The highest BCUT2D eigenvalue weighted by Gasteiger charge is 2.22. The van der Waals surface area contributed by atoms with Gasteiger partial charge in [-0.25, -0.2) is 0 Å². The predicted octanol–water partition coefficient (Wildman–Crippen LogP) is 1.18. The average Bonchev–Trinajstić information content (AvgIpc) is 2.71. The molecule has 112 valence electrons. The van der Waals surface area contributed by atoms with Gasteiger partial charge >= 0.3 is 5.97 Å². The number of hydrogen-bond acceptors (Lipinski definition) is 5. The molecule has 0 radical (unpaired) electrons. The molecular formula is C14H23N3O3. The Balaban J connectivity index is 1.83. The molecule has 6 nitrogen and oxygen atoms in total. The molecule has 0 bridgehead atoms. The van der Waals surface area contributed by atoms with Gasteiger partial charge in [0.05, 0.1) is 12.2 Å². The van der Waals surface area contributed by atoms with Crippen molar-refractivity contribution in [1.82, 2.24) is 15.4 Å². The Bertz CT molecular complexity index is 439. The van der Waals surface area contributed by atoms with Gasteiger partial charge in [0.15, 0.2) is 0 Å². The summed E-state index contributed by atoms with van der Waals surface area (Å²) in [5.41, 5.74) is 2.15. The van der Waals surface area contributed by atoms with Crippen LogP contribution >= 0.6 is 0 Å². The Labute approximate surface area is 119 Å². The minimum atomic E-state index is -0.798. The van der Waals surface area contributed by atoms with Crippen LogP contribution in [0.25, 0.3) is 0 Å². The topological polar surface area (TPSA) is 78.6 Å². The molecule has 2 heterocycles. The van der Waals surface area contributed by atoms with Crippen molar-refractivity contribution >= 4 is 5.97 Å². The van der Waals surface area contributed by atoms with Crippen molar-refractivity contribution in [1.29, 1.82) is 0 Å². The van der Waals surface area contributed by atoms with Crippen LogP contribution in [0, 0.1) is 19.8 Å². The van der Waals surface area contributed by atoms with E-state index in [0.717, 1.165) is 50.5 Å². The van der Waals surface area contributed by atoms with Crippen LogP contribution < -0.4 is 5.32 Å². The maximum atomic E-state index is 10.5. The Morgan fingerprint density at radius 3 is 3.00 bits per heavy atom. The standard InChI is InChI=1S/C14H23N3O3/c1-10-13(11(2)20-16-10)9-17-5-3-4-12(8-17)6-15-7-14(18)19/h12,15H,3-9H2,1-2H3,(H,18,19). The van der Waals surface area contributed by atoms with E-state index in [1.165, 1.54) is 5.56 Å². The molecule has 1 atom stereocenters. The fraction of sp³-hybridized carbons (Fsp3) is 0.714. The summed E-state index contributed by atoms with van der Waals surface area (Å²) in [5, 5.41) is 15.6. The highest BCUT2D eigenvalue weighted by atomic mass is 16.5. The molecule has 0 saturated carbocycles. The van der Waals surface area contributed by atoms with Crippen LogP contribution in [-0.4, -0.2) is 47.3 Å². The highest BCUT2D eigenvalue weighted by molar-refractivity contribution is 5.68. The number of likely N-dealkylation sites (tertiary alicyclic amines) is 1. The second kappa shape index (κ2) is 6.85. The predicted molar refractivity (Wildman–Crippen MR) is 74.5 cm³/mol. The van der Waals surface area contributed by atoms with Gasteiger partial charge < -0.3 is 14.9 Å². The number of carboxylic acid groups (broad SMARTS) is 1. The molecule has 1 saturated heterocycles. The summed E-state index contributed by atoms with van der Waals surface area (Å²) in [7, 11) is 0. The Morgan fingerprint density at radius 2 is 2.35 bits per heavy atom. The minimum Gasteiger partial charge on any atom is -0.480 e. The molecule has 1 aliphatic heterocycles. The van der Waals surface area contributed by atoms with Gasteiger partial charge in [-0.15, -0.1) is 0 Å². The monoisotopic (exact) mass is 281 g/mol. The van der Waals surface area contributed by atoms with Crippen molar-refractivity contribution in [3.05, 3.63) is 17.0 Å². The molecule has 1 aromatic heterocycles. The van der Waals surface area contributed by atoms with Crippen LogP contribution in [0.2, 0.25) is 0 Å². The Morgan fingerprint density at radius 1 is 1.55 bits per heavy atom. The van der Waals surface area contributed by atoms with Crippen molar-refractivity contribution in [3.8, 4) is 0 Å². The number of carbonyl (C=O) groups is 1. The van der Waals surface area contributed by atoms with E-state index < -0.39 is 5.97 Å². The number of aromatic nitrogens is 1. The van der Waals surface area contributed by atoms with Gasteiger partial charge in [0.25, 0.3) is 0 Å². The second-order valence-corrected chi connectivity index (χ2v) is 5.57. The fourth-order valence-electron chi connectivity index (χ4n) is 2.80. The molecule has 2 N–H and O–H groups in total. The number of rotatable bonds is 6. The number of hydrogen-bond donors (Lipinski definition) is 2. The smallest absolute Gasteiger partial charge is 0.317 e. The zero-order valence-corrected chi connectivity index (χ0v) is 12.2. The molecule has 1 aromatic rings. The first-order chi connectivity index (χ1) is 9.56. The number of nitrogens with one attached hydrogen (secondary N) is 1. The maximum Gasteiger partial charge on any atom is 0.317 e. The zero-order chi connectivity index (χ0) is 14.5. The van der Waals surface area contributed by atoms with Gasteiger partial charge in [0.1, 0.15) is 5.76 Å². The third-order valence-corrected chi connectivity index (χ3v) is 3.88. The summed E-state index contributed by atoms with van der Waals surface area (Å²) in [6, 6.07) is 0. The summed E-state index contributed by atoms with van der Waals surface area (Å²) >= 11 is 0. The van der Waals surface area contributed by atoms with Crippen molar-refractivity contribution in [3.63, 3.8) is 0 Å². The first-order valence-corrected chi connectivity index (χ1v) is 7.13. The van der Waals surface area contributed by atoms with E-state index in [1.54, 1.807) is 0 Å². The summed E-state index contributed by atoms with van der Waals surface area (Å²) in [5.74, 6) is 0.616. The summed E-state index contributed by atoms with van der Waals surface area (Å²) in [6.45, 7) is 7.68. The maximum absolute atomic E-state index is 10.5. The first kappa shape index (κ1) is 15.0. The number of nitrogens with zero attached hydrogens (tertiary/aromatic N) is 2. The van der Waals surface area contributed by atoms with E-state index in [9.17, 15) is 4.79 Å². The molecule has 1 fully saturated rings. The molecule has 0 aliphatic carbocycles. The van der Waals surface area contributed by atoms with Crippen molar-refractivity contribution < 1.29 is 14.4 Å². The van der Waals surface area contributed by atoms with Gasteiger partial charge in [-0.05, 0) is 45.7 Å². The number of aliphatic carboxylic acids is 1. The summed E-state index contributed by atoms with van der Waals surface area (Å²) < 4.78 is 5.20. The Hall–Kier alpha value is -1.40. The number of piperidine rings is 1. The molecular weight excluding hydrogens is 258 g/mol. The lowest BCUT2D eigenvalue weighted by Crippen LogP contribution is -2.40.